The molecule has 2 aliphatic rings. The van der Waals surface area contributed by atoms with Gasteiger partial charge < -0.3 is 15.1 Å². The Kier molecular flexibility index (Phi) is 5.02. The lowest BCUT2D eigenvalue weighted by atomic mass is 9.90. The molecule has 5 heteroatoms. The third-order valence-corrected chi connectivity index (χ3v) is 4.57. The van der Waals surface area contributed by atoms with Gasteiger partial charge in [0.05, 0.1) is 0 Å². The molecule has 0 spiro atoms. The highest BCUT2D eigenvalue weighted by molar-refractivity contribution is 5.81. The van der Waals surface area contributed by atoms with Crippen molar-refractivity contribution in [2.75, 3.05) is 33.7 Å². The second-order valence-corrected chi connectivity index (χ2v) is 6.41. The van der Waals surface area contributed by atoms with Gasteiger partial charge in [0.15, 0.2) is 0 Å². The van der Waals surface area contributed by atoms with Gasteiger partial charge in [-0.3, -0.25) is 9.59 Å². The van der Waals surface area contributed by atoms with Crippen LogP contribution in [-0.4, -0.2) is 61.4 Å². The fourth-order valence-corrected chi connectivity index (χ4v) is 3.33. The maximum atomic E-state index is 12.5. The second kappa shape index (κ2) is 6.57. The maximum absolute atomic E-state index is 12.5. The van der Waals surface area contributed by atoms with Gasteiger partial charge >= 0.3 is 0 Å². The van der Waals surface area contributed by atoms with Crippen LogP contribution in [0.3, 0.4) is 0 Å². The van der Waals surface area contributed by atoms with Crippen LogP contribution in [0.5, 0.6) is 0 Å². The van der Waals surface area contributed by atoms with Crippen molar-refractivity contribution in [1.29, 1.82) is 0 Å². The molecule has 0 aromatic heterocycles. The van der Waals surface area contributed by atoms with Crippen molar-refractivity contribution in [2.24, 2.45) is 11.8 Å². The van der Waals surface area contributed by atoms with Crippen molar-refractivity contribution < 1.29 is 9.59 Å². The van der Waals surface area contributed by atoms with Crippen molar-refractivity contribution in [1.82, 2.24) is 15.1 Å². The molecular weight excluding hydrogens is 254 g/mol. The number of piperidine rings is 2. The van der Waals surface area contributed by atoms with E-state index in [4.69, 9.17) is 0 Å². The van der Waals surface area contributed by atoms with Crippen LogP contribution in [0.1, 0.15) is 32.6 Å². The van der Waals surface area contributed by atoms with E-state index in [1.807, 2.05) is 4.90 Å². The summed E-state index contributed by atoms with van der Waals surface area (Å²) in [6, 6.07) is 0.436. The molecule has 114 valence electrons. The molecule has 20 heavy (non-hydrogen) atoms. The van der Waals surface area contributed by atoms with Crippen LogP contribution in [0.25, 0.3) is 0 Å². The average molecular weight is 281 g/mol. The molecule has 2 unspecified atom stereocenters. The first kappa shape index (κ1) is 15.3. The van der Waals surface area contributed by atoms with E-state index in [1.165, 1.54) is 0 Å². The minimum atomic E-state index is 0.0981. The van der Waals surface area contributed by atoms with Crippen molar-refractivity contribution in [3.05, 3.63) is 0 Å². The molecule has 0 aromatic rings. The first-order valence-electron chi connectivity index (χ1n) is 7.72. The molecule has 0 aromatic carbocycles. The fourth-order valence-electron chi connectivity index (χ4n) is 3.33. The SMILES string of the molecule is CC1CC(C(=O)N2CCC(C(=O)N(C)C)CC2)CCN1. The summed E-state index contributed by atoms with van der Waals surface area (Å²) in [6.07, 6.45) is 3.50. The Hall–Kier alpha value is -1.10. The summed E-state index contributed by atoms with van der Waals surface area (Å²) in [7, 11) is 3.60. The normalized spacial score (nSPS) is 28.2. The zero-order chi connectivity index (χ0) is 14.7. The molecule has 2 atom stereocenters. The molecule has 0 aliphatic carbocycles. The highest BCUT2D eigenvalue weighted by Gasteiger charge is 2.32. The standard InChI is InChI=1S/C15H27N3O2/c1-11-10-13(4-7-16-11)15(20)18-8-5-12(6-9-18)14(19)17(2)3/h11-13,16H,4-10H2,1-3H3. The van der Waals surface area contributed by atoms with Crippen molar-refractivity contribution in [3.8, 4) is 0 Å². The lowest BCUT2D eigenvalue weighted by molar-refractivity contribution is -0.142. The van der Waals surface area contributed by atoms with E-state index in [0.717, 1.165) is 45.3 Å². The fraction of sp³-hybridized carbons (Fsp3) is 0.867. The number of nitrogens with zero attached hydrogens (tertiary/aromatic N) is 2. The smallest absolute Gasteiger partial charge is 0.225 e. The summed E-state index contributed by atoms with van der Waals surface area (Å²) in [5, 5.41) is 3.38. The number of carbonyl (C=O) groups is 2. The van der Waals surface area contributed by atoms with Gasteiger partial charge in [0.2, 0.25) is 11.8 Å². The monoisotopic (exact) mass is 281 g/mol. The third-order valence-electron chi connectivity index (χ3n) is 4.57. The highest BCUT2D eigenvalue weighted by Crippen LogP contribution is 2.24. The minimum Gasteiger partial charge on any atom is -0.349 e. The van der Waals surface area contributed by atoms with Crippen LogP contribution in [0.2, 0.25) is 0 Å². The topological polar surface area (TPSA) is 52.7 Å². The zero-order valence-electron chi connectivity index (χ0n) is 12.9. The van der Waals surface area contributed by atoms with Crippen LogP contribution in [0, 0.1) is 11.8 Å². The Morgan fingerprint density at radius 2 is 1.75 bits per heavy atom. The molecule has 2 saturated heterocycles. The third kappa shape index (κ3) is 3.51. The average Bonchev–Trinajstić information content (AvgIpc) is 2.46. The van der Waals surface area contributed by atoms with Crippen LogP contribution >= 0.6 is 0 Å². The Balaban J connectivity index is 1.84. The van der Waals surface area contributed by atoms with Crippen LogP contribution < -0.4 is 5.32 Å². The van der Waals surface area contributed by atoms with E-state index < -0.39 is 0 Å². The molecule has 5 nitrogen and oxygen atoms in total. The Morgan fingerprint density at radius 1 is 1.10 bits per heavy atom. The summed E-state index contributed by atoms with van der Waals surface area (Å²) in [4.78, 5) is 28.1. The highest BCUT2D eigenvalue weighted by atomic mass is 16.2. The number of nitrogens with one attached hydrogen (secondary N) is 1. The minimum absolute atomic E-state index is 0.0981. The first-order chi connectivity index (χ1) is 9.49. The predicted molar refractivity (Wildman–Crippen MR) is 78.2 cm³/mol. The molecular formula is C15H27N3O2. The molecule has 2 rings (SSSR count). The van der Waals surface area contributed by atoms with E-state index in [0.29, 0.717) is 11.9 Å². The lowest BCUT2D eigenvalue weighted by Crippen LogP contribution is -2.48. The predicted octanol–water partition coefficient (Wildman–Crippen LogP) is 0.701. The summed E-state index contributed by atoms with van der Waals surface area (Å²) in [6.45, 7) is 4.55. The zero-order valence-corrected chi connectivity index (χ0v) is 12.9. The number of hydrogen-bond acceptors (Lipinski definition) is 3. The largest absolute Gasteiger partial charge is 0.349 e. The second-order valence-electron chi connectivity index (χ2n) is 6.41. The summed E-state index contributed by atoms with van der Waals surface area (Å²) >= 11 is 0. The van der Waals surface area contributed by atoms with E-state index in [2.05, 4.69) is 12.2 Å². The molecule has 0 radical (unpaired) electrons. The number of amides is 2. The molecule has 2 heterocycles. The van der Waals surface area contributed by atoms with Crippen molar-refractivity contribution >= 4 is 11.8 Å². The van der Waals surface area contributed by atoms with Gasteiger partial charge in [-0.05, 0) is 39.2 Å². The summed E-state index contributed by atoms with van der Waals surface area (Å²) in [5.74, 6) is 0.773. The van der Waals surface area contributed by atoms with Crippen LogP contribution in [0.4, 0.5) is 0 Å². The maximum Gasteiger partial charge on any atom is 0.225 e. The van der Waals surface area contributed by atoms with Gasteiger partial charge in [0.1, 0.15) is 0 Å². The molecule has 2 fully saturated rings. The number of rotatable bonds is 2. The molecule has 0 saturated carbocycles. The van der Waals surface area contributed by atoms with Gasteiger partial charge in [-0.2, -0.15) is 0 Å². The Morgan fingerprint density at radius 3 is 2.30 bits per heavy atom. The molecule has 2 aliphatic heterocycles. The molecule has 0 bridgehead atoms. The van der Waals surface area contributed by atoms with Crippen LogP contribution in [-0.2, 0) is 9.59 Å². The van der Waals surface area contributed by atoms with E-state index in [-0.39, 0.29) is 17.7 Å². The molecule has 1 N–H and O–H groups in total. The number of hydrogen-bond donors (Lipinski definition) is 1. The van der Waals surface area contributed by atoms with E-state index in [1.54, 1.807) is 19.0 Å². The number of carbonyl (C=O) groups excluding carboxylic acids is 2. The molecule has 2 amide bonds. The first-order valence-corrected chi connectivity index (χ1v) is 7.72. The van der Waals surface area contributed by atoms with Gasteiger partial charge in [0.25, 0.3) is 0 Å². The Labute approximate surface area is 121 Å². The van der Waals surface area contributed by atoms with E-state index >= 15 is 0 Å². The van der Waals surface area contributed by atoms with Crippen molar-refractivity contribution in [2.45, 2.75) is 38.6 Å². The van der Waals surface area contributed by atoms with Gasteiger partial charge in [0, 0.05) is 45.1 Å². The quantitative estimate of drug-likeness (QED) is 0.811. The Bertz CT molecular complexity index is 362. The van der Waals surface area contributed by atoms with Crippen molar-refractivity contribution in [3.63, 3.8) is 0 Å². The van der Waals surface area contributed by atoms with Gasteiger partial charge in [-0.1, -0.05) is 0 Å². The van der Waals surface area contributed by atoms with E-state index in [9.17, 15) is 9.59 Å². The summed E-state index contributed by atoms with van der Waals surface area (Å²) in [5.41, 5.74) is 0. The van der Waals surface area contributed by atoms with Gasteiger partial charge in [-0.15, -0.1) is 0 Å². The summed E-state index contributed by atoms with van der Waals surface area (Å²) < 4.78 is 0. The van der Waals surface area contributed by atoms with Gasteiger partial charge in [-0.25, -0.2) is 0 Å². The van der Waals surface area contributed by atoms with Crippen LogP contribution in [0.15, 0.2) is 0 Å². The lowest BCUT2D eigenvalue weighted by Gasteiger charge is -2.36. The number of likely N-dealkylation sites (tertiary alicyclic amines) is 1.